The number of amides is 2. The maximum Gasteiger partial charge on any atom is 0.407 e. The number of aliphatic imine (C=N–C) groups is 1. The molecule has 7 heteroatoms. The van der Waals surface area contributed by atoms with Crippen molar-refractivity contribution in [1.29, 1.82) is 0 Å². The number of nitrogens with zero attached hydrogens (tertiary/aromatic N) is 2. The third kappa shape index (κ3) is 15.8. The lowest BCUT2D eigenvalue weighted by Gasteiger charge is -2.23. The van der Waals surface area contributed by atoms with Gasteiger partial charge in [-0.2, -0.15) is 0 Å². The average molecular weight is 357 g/mol. The van der Waals surface area contributed by atoms with Crippen LogP contribution in [0.25, 0.3) is 0 Å². The Bertz CT molecular complexity index is 394. The van der Waals surface area contributed by atoms with E-state index in [0.717, 1.165) is 52.0 Å². The second-order valence-electron chi connectivity index (χ2n) is 7.03. The second-order valence-corrected chi connectivity index (χ2v) is 7.03. The molecule has 0 rings (SSSR count). The number of alkyl carbamates (subject to hydrolysis) is 1. The highest BCUT2D eigenvalue weighted by molar-refractivity contribution is 5.80. The van der Waals surface area contributed by atoms with Gasteiger partial charge in [0.05, 0.1) is 0 Å². The minimum Gasteiger partial charge on any atom is -0.444 e. The van der Waals surface area contributed by atoms with Crippen LogP contribution in [0.1, 0.15) is 53.4 Å². The number of nitrogens with one attached hydrogen (secondary N) is 2. The number of unbranched alkanes of at least 4 members (excludes halogenated alkanes) is 1. The molecule has 0 saturated carbocycles. The van der Waals surface area contributed by atoms with Crippen LogP contribution in [0.2, 0.25) is 0 Å². The molecule has 0 unspecified atom stereocenters. The van der Waals surface area contributed by atoms with Crippen LogP contribution in [0, 0.1) is 0 Å². The van der Waals surface area contributed by atoms with Crippen LogP contribution >= 0.6 is 0 Å². The van der Waals surface area contributed by atoms with Gasteiger partial charge in [0.15, 0.2) is 0 Å². The van der Waals surface area contributed by atoms with Gasteiger partial charge in [-0.05, 0) is 59.8 Å². The zero-order valence-electron chi connectivity index (χ0n) is 16.4. The van der Waals surface area contributed by atoms with E-state index in [0.29, 0.717) is 13.0 Å². The Hall–Kier alpha value is -1.47. The van der Waals surface area contributed by atoms with Crippen molar-refractivity contribution < 1.29 is 14.3 Å². The van der Waals surface area contributed by atoms with Gasteiger partial charge in [-0.25, -0.2) is 9.79 Å². The summed E-state index contributed by atoms with van der Waals surface area (Å²) in [6.45, 7) is 16.0. The van der Waals surface area contributed by atoms with Crippen molar-refractivity contribution in [2.75, 3.05) is 39.3 Å². The summed E-state index contributed by atoms with van der Waals surface area (Å²) < 4.78 is 5.22. The zero-order chi connectivity index (χ0) is 19.1. The predicted molar refractivity (Wildman–Crippen MR) is 102 cm³/mol. The van der Waals surface area contributed by atoms with Crippen LogP contribution in [0.5, 0.6) is 0 Å². The molecule has 0 radical (unpaired) electrons. The number of carbonyl (C=O) groups excluding carboxylic acids is 2. The van der Waals surface area contributed by atoms with E-state index in [1.165, 1.54) is 0 Å². The minimum atomic E-state index is -0.469. The zero-order valence-corrected chi connectivity index (χ0v) is 16.4. The third-order valence-electron chi connectivity index (χ3n) is 3.41. The Morgan fingerprint density at radius 3 is 2.36 bits per heavy atom. The SMILES string of the molecule is C=NC(=O)CCCCNCCN(CCC)CCNC(=O)OC(C)(C)C. The van der Waals surface area contributed by atoms with Crippen LogP contribution in [0.3, 0.4) is 0 Å². The van der Waals surface area contributed by atoms with Crippen molar-refractivity contribution in [3.05, 3.63) is 0 Å². The van der Waals surface area contributed by atoms with Gasteiger partial charge in [0.1, 0.15) is 5.60 Å². The lowest BCUT2D eigenvalue weighted by Crippen LogP contribution is -2.40. The Kier molecular flexibility index (Phi) is 13.0. The van der Waals surface area contributed by atoms with Crippen LogP contribution < -0.4 is 10.6 Å². The van der Waals surface area contributed by atoms with Crippen molar-refractivity contribution in [3.8, 4) is 0 Å². The van der Waals surface area contributed by atoms with Gasteiger partial charge in [0, 0.05) is 32.6 Å². The highest BCUT2D eigenvalue weighted by atomic mass is 16.6. The van der Waals surface area contributed by atoms with Crippen molar-refractivity contribution in [2.45, 2.75) is 59.0 Å². The fourth-order valence-electron chi connectivity index (χ4n) is 2.25. The molecule has 0 heterocycles. The van der Waals surface area contributed by atoms with Gasteiger partial charge in [-0.15, -0.1) is 0 Å². The molecule has 25 heavy (non-hydrogen) atoms. The summed E-state index contributed by atoms with van der Waals surface area (Å²) in [6.07, 6.45) is 2.97. The van der Waals surface area contributed by atoms with E-state index < -0.39 is 5.60 Å². The third-order valence-corrected chi connectivity index (χ3v) is 3.41. The predicted octanol–water partition coefficient (Wildman–Crippen LogP) is 2.21. The first kappa shape index (κ1) is 23.5. The molecule has 0 bridgehead atoms. The molecule has 0 fully saturated rings. The fraction of sp³-hybridized carbons (Fsp3) is 0.833. The maximum absolute atomic E-state index is 11.6. The lowest BCUT2D eigenvalue weighted by atomic mass is 10.2. The highest BCUT2D eigenvalue weighted by Gasteiger charge is 2.15. The van der Waals surface area contributed by atoms with Gasteiger partial charge in [0.25, 0.3) is 0 Å². The van der Waals surface area contributed by atoms with E-state index in [1.54, 1.807) is 0 Å². The summed E-state index contributed by atoms with van der Waals surface area (Å²) >= 11 is 0. The van der Waals surface area contributed by atoms with Crippen LogP contribution in [-0.4, -0.2) is 68.5 Å². The number of carbonyl (C=O) groups is 2. The van der Waals surface area contributed by atoms with Crippen LogP contribution in [-0.2, 0) is 9.53 Å². The van der Waals surface area contributed by atoms with E-state index in [2.05, 4.69) is 34.2 Å². The number of ether oxygens (including phenoxy) is 1. The number of hydrogen-bond donors (Lipinski definition) is 2. The molecular weight excluding hydrogens is 320 g/mol. The molecule has 2 N–H and O–H groups in total. The Morgan fingerprint density at radius 1 is 1.08 bits per heavy atom. The van der Waals surface area contributed by atoms with E-state index in [1.807, 2.05) is 20.8 Å². The van der Waals surface area contributed by atoms with E-state index in [9.17, 15) is 9.59 Å². The first-order chi connectivity index (χ1) is 11.8. The summed E-state index contributed by atoms with van der Waals surface area (Å²) in [5.74, 6) is -0.133. The summed E-state index contributed by atoms with van der Waals surface area (Å²) in [4.78, 5) is 28.3. The molecule has 0 aliphatic carbocycles. The van der Waals surface area contributed by atoms with Crippen molar-refractivity contribution >= 4 is 18.7 Å². The maximum atomic E-state index is 11.6. The smallest absolute Gasteiger partial charge is 0.407 e. The molecule has 146 valence electrons. The second kappa shape index (κ2) is 13.8. The number of rotatable bonds is 13. The first-order valence-electron chi connectivity index (χ1n) is 9.18. The minimum absolute atomic E-state index is 0.133. The summed E-state index contributed by atoms with van der Waals surface area (Å²) in [5.41, 5.74) is -0.469. The Balaban J connectivity index is 3.78. The standard InChI is InChI=1S/C18H36N4O3/c1-6-13-22(15-12-21-17(24)25-18(2,3)4)14-11-20-10-8-7-9-16(23)19-5/h20H,5-15H2,1-4H3,(H,21,24). The molecule has 0 atom stereocenters. The summed E-state index contributed by atoms with van der Waals surface area (Å²) in [7, 11) is 0. The van der Waals surface area contributed by atoms with Crippen LogP contribution in [0.15, 0.2) is 4.99 Å². The van der Waals surface area contributed by atoms with Crippen molar-refractivity contribution in [3.63, 3.8) is 0 Å². The summed E-state index contributed by atoms with van der Waals surface area (Å²) in [6, 6.07) is 0. The van der Waals surface area contributed by atoms with Gasteiger partial charge in [-0.3, -0.25) is 4.79 Å². The van der Waals surface area contributed by atoms with Gasteiger partial charge >= 0.3 is 6.09 Å². The topological polar surface area (TPSA) is 83.0 Å². The summed E-state index contributed by atoms with van der Waals surface area (Å²) in [5, 5.41) is 6.18. The molecule has 0 saturated heterocycles. The van der Waals surface area contributed by atoms with E-state index in [-0.39, 0.29) is 12.0 Å². The largest absolute Gasteiger partial charge is 0.444 e. The molecule has 0 aliphatic heterocycles. The molecule has 0 aromatic heterocycles. The first-order valence-corrected chi connectivity index (χ1v) is 9.18. The van der Waals surface area contributed by atoms with Gasteiger partial charge in [-0.1, -0.05) is 6.92 Å². The molecule has 0 spiro atoms. The molecule has 0 aromatic rings. The highest BCUT2D eigenvalue weighted by Crippen LogP contribution is 2.06. The number of hydrogen-bond acceptors (Lipinski definition) is 5. The Morgan fingerprint density at radius 2 is 1.76 bits per heavy atom. The Labute approximate surface area is 152 Å². The average Bonchev–Trinajstić information content (AvgIpc) is 2.51. The lowest BCUT2D eigenvalue weighted by molar-refractivity contribution is -0.117. The van der Waals surface area contributed by atoms with E-state index >= 15 is 0 Å². The normalized spacial score (nSPS) is 11.4. The molecule has 0 aromatic carbocycles. The van der Waals surface area contributed by atoms with E-state index in [4.69, 9.17) is 4.74 Å². The quantitative estimate of drug-likeness (QED) is 0.390. The molecule has 2 amide bonds. The molecule has 0 aliphatic rings. The van der Waals surface area contributed by atoms with Gasteiger partial charge in [0.2, 0.25) is 5.91 Å². The van der Waals surface area contributed by atoms with Crippen LogP contribution in [0.4, 0.5) is 4.79 Å². The van der Waals surface area contributed by atoms with Gasteiger partial charge < -0.3 is 20.3 Å². The van der Waals surface area contributed by atoms with Crippen molar-refractivity contribution in [2.24, 2.45) is 4.99 Å². The fourth-order valence-corrected chi connectivity index (χ4v) is 2.25. The van der Waals surface area contributed by atoms with Crippen molar-refractivity contribution in [1.82, 2.24) is 15.5 Å². The molecule has 7 nitrogen and oxygen atoms in total. The monoisotopic (exact) mass is 356 g/mol. The molecular formula is C18H36N4O3.